The smallest absolute Gasteiger partial charge is 0.333 e. The van der Waals surface area contributed by atoms with Gasteiger partial charge in [0, 0.05) is 11.6 Å². The fourth-order valence-corrected chi connectivity index (χ4v) is 9.12. The van der Waals surface area contributed by atoms with Crippen LogP contribution < -0.4 is 0 Å². The van der Waals surface area contributed by atoms with Gasteiger partial charge in [0.1, 0.15) is 11.2 Å². The number of hydrogen-bond donors (Lipinski definition) is 0. The Morgan fingerprint density at radius 3 is 1.33 bits per heavy atom. The van der Waals surface area contributed by atoms with Gasteiger partial charge in [0.25, 0.3) is 0 Å². The molecule has 8 bridgehead atoms. The fraction of sp³-hybridized carbons (Fsp3) is 0.793. The number of carbonyl (C=O) groups excluding carboxylic acids is 2. The molecule has 0 N–H and O–H groups in total. The first-order valence-corrected chi connectivity index (χ1v) is 13.3. The molecule has 0 amide bonds. The third kappa shape index (κ3) is 4.00. The minimum Gasteiger partial charge on any atom is -0.456 e. The van der Waals surface area contributed by atoms with E-state index < -0.39 is 0 Å². The summed E-state index contributed by atoms with van der Waals surface area (Å²) < 4.78 is 11.5. The van der Waals surface area contributed by atoms with E-state index in [1.807, 2.05) is 0 Å². The van der Waals surface area contributed by atoms with Gasteiger partial charge in [-0.3, -0.25) is 0 Å². The van der Waals surface area contributed by atoms with Gasteiger partial charge in [-0.1, -0.05) is 13.2 Å². The predicted octanol–water partition coefficient (Wildman–Crippen LogP) is 6.25. The maximum atomic E-state index is 11.8. The van der Waals surface area contributed by atoms with Crippen LogP contribution in [0.25, 0.3) is 0 Å². The maximum Gasteiger partial charge on any atom is 0.333 e. The second-order valence-corrected chi connectivity index (χ2v) is 12.8. The zero-order valence-corrected chi connectivity index (χ0v) is 20.8. The topological polar surface area (TPSA) is 52.6 Å². The first-order valence-electron chi connectivity index (χ1n) is 13.3. The zero-order chi connectivity index (χ0) is 23.5. The number of ether oxygens (including phenoxy) is 2. The summed E-state index contributed by atoms with van der Waals surface area (Å²) in [6, 6.07) is 0. The Morgan fingerprint density at radius 1 is 0.697 bits per heavy atom. The minimum atomic E-state index is -0.241. The fourth-order valence-electron chi connectivity index (χ4n) is 9.12. The molecular weight excluding hydrogens is 412 g/mol. The van der Waals surface area contributed by atoms with Crippen molar-refractivity contribution in [3.63, 3.8) is 0 Å². The quantitative estimate of drug-likeness (QED) is 0.372. The molecule has 0 aromatic heterocycles. The molecule has 8 rings (SSSR count). The lowest BCUT2D eigenvalue weighted by molar-refractivity contribution is -0.199. The summed E-state index contributed by atoms with van der Waals surface area (Å²) in [5.74, 6) is 5.62. The molecule has 0 heterocycles. The molecule has 0 saturated heterocycles. The van der Waals surface area contributed by atoms with E-state index in [4.69, 9.17) is 9.47 Å². The van der Waals surface area contributed by atoms with Gasteiger partial charge in [0.2, 0.25) is 0 Å². The SMILES string of the molecule is C=C(C)C(=O)OC1(C)C2CC3CC(C2)CC1C3.C=CC(=O)OC1(C)C2CC3CC(C2)CC1C3. The molecule has 4 nitrogen and oxygen atoms in total. The van der Waals surface area contributed by atoms with Crippen molar-refractivity contribution in [1.82, 2.24) is 0 Å². The highest BCUT2D eigenvalue weighted by atomic mass is 16.6. The molecule has 0 aliphatic heterocycles. The minimum absolute atomic E-state index is 0.194. The maximum absolute atomic E-state index is 11.8. The Labute approximate surface area is 199 Å². The highest BCUT2D eigenvalue weighted by Gasteiger charge is 2.58. The lowest BCUT2D eigenvalue weighted by atomic mass is 9.50. The van der Waals surface area contributed by atoms with E-state index in [0.717, 1.165) is 23.7 Å². The van der Waals surface area contributed by atoms with Gasteiger partial charge in [0.15, 0.2) is 0 Å². The first-order chi connectivity index (χ1) is 15.6. The van der Waals surface area contributed by atoms with E-state index in [-0.39, 0.29) is 23.1 Å². The van der Waals surface area contributed by atoms with E-state index in [1.54, 1.807) is 6.92 Å². The van der Waals surface area contributed by atoms with Crippen molar-refractivity contribution in [2.75, 3.05) is 0 Å². The van der Waals surface area contributed by atoms with Gasteiger partial charge in [-0.05, 0) is 132 Å². The molecule has 8 aliphatic rings. The van der Waals surface area contributed by atoms with Crippen LogP contribution in [0.2, 0.25) is 0 Å². The van der Waals surface area contributed by atoms with Crippen LogP contribution in [0, 0.1) is 47.3 Å². The largest absolute Gasteiger partial charge is 0.456 e. The Balaban J connectivity index is 0.000000139. The van der Waals surface area contributed by atoms with E-state index in [2.05, 4.69) is 27.0 Å². The first kappa shape index (κ1) is 23.2. The third-order valence-electron chi connectivity index (χ3n) is 10.7. The van der Waals surface area contributed by atoms with Crippen molar-refractivity contribution in [2.24, 2.45) is 47.3 Å². The average molecular weight is 455 g/mol. The van der Waals surface area contributed by atoms with Gasteiger partial charge < -0.3 is 9.47 Å². The van der Waals surface area contributed by atoms with Gasteiger partial charge in [-0.2, -0.15) is 0 Å². The molecule has 0 spiro atoms. The standard InChI is InChI=1S/C15H22O2.C14H20O2/c1-9(2)14(16)17-15(3)12-5-10-4-11(7-12)8-13(15)6-10;1-3-13(15)16-14(2)11-5-9-4-10(7-11)8-12(14)6-9/h10-13H,1,4-8H2,2-3H3;3,9-12H,1,4-8H2,2H3. The van der Waals surface area contributed by atoms with Crippen molar-refractivity contribution in [1.29, 1.82) is 0 Å². The van der Waals surface area contributed by atoms with Crippen LogP contribution in [0.15, 0.2) is 24.8 Å². The second-order valence-electron chi connectivity index (χ2n) is 12.8. The van der Waals surface area contributed by atoms with E-state index in [9.17, 15) is 9.59 Å². The summed E-state index contributed by atoms with van der Waals surface area (Å²) in [4.78, 5) is 23.3. The van der Waals surface area contributed by atoms with Crippen LogP contribution in [-0.2, 0) is 19.1 Å². The van der Waals surface area contributed by atoms with E-state index in [1.165, 1.54) is 70.3 Å². The van der Waals surface area contributed by atoms with Crippen molar-refractivity contribution >= 4 is 11.9 Å². The van der Waals surface area contributed by atoms with Crippen molar-refractivity contribution in [2.45, 2.75) is 96.2 Å². The molecule has 0 unspecified atom stereocenters. The van der Waals surface area contributed by atoms with Gasteiger partial charge in [0.05, 0.1) is 0 Å². The summed E-state index contributed by atoms with van der Waals surface area (Å²) in [6.45, 7) is 13.3. The molecule has 8 fully saturated rings. The van der Waals surface area contributed by atoms with Gasteiger partial charge in [-0.15, -0.1) is 0 Å². The van der Waals surface area contributed by atoms with Crippen molar-refractivity contribution in [3.8, 4) is 0 Å². The van der Waals surface area contributed by atoms with Crippen LogP contribution in [0.3, 0.4) is 0 Å². The zero-order valence-electron chi connectivity index (χ0n) is 20.8. The summed E-state index contributed by atoms with van der Waals surface area (Å²) >= 11 is 0. The monoisotopic (exact) mass is 454 g/mol. The van der Waals surface area contributed by atoms with Crippen LogP contribution in [0.4, 0.5) is 0 Å². The molecule has 4 heteroatoms. The summed E-state index contributed by atoms with van der Waals surface area (Å²) in [5, 5.41) is 0. The molecule has 0 aromatic carbocycles. The Kier molecular flexibility index (Phi) is 5.81. The normalized spacial score (nSPS) is 48.0. The Morgan fingerprint density at radius 2 is 1.03 bits per heavy atom. The Bertz CT molecular complexity index is 783. The molecule has 8 saturated carbocycles. The molecule has 182 valence electrons. The number of rotatable bonds is 4. The van der Waals surface area contributed by atoms with Gasteiger partial charge in [-0.25, -0.2) is 9.59 Å². The predicted molar refractivity (Wildman–Crippen MR) is 128 cm³/mol. The van der Waals surface area contributed by atoms with E-state index in [0.29, 0.717) is 29.2 Å². The van der Waals surface area contributed by atoms with Crippen LogP contribution >= 0.6 is 0 Å². The lowest BCUT2D eigenvalue weighted by Gasteiger charge is -2.59. The molecule has 33 heavy (non-hydrogen) atoms. The average Bonchev–Trinajstić information content (AvgIpc) is 2.75. The number of hydrogen-bond acceptors (Lipinski definition) is 4. The van der Waals surface area contributed by atoms with Crippen LogP contribution in [0.5, 0.6) is 0 Å². The molecule has 0 aromatic rings. The van der Waals surface area contributed by atoms with Crippen LogP contribution in [0.1, 0.15) is 85.0 Å². The summed E-state index contributed by atoms with van der Waals surface area (Å²) in [5.41, 5.74) is 0.127. The highest BCUT2D eigenvalue weighted by Crippen LogP contribution is 2.60. The molecule has 0 radical (unpaired) electrons. The van der Waals surface area contributed by atoms with Gasteiger partial charge >= 0.3 is 11.9 Å². The highest BCUT2D eigenvalue weighted by molar-refractivity contribution is 5.87. The molecular formula is C29H42O4. The lowest BCUT2D eigenvalue weighted by Crippen LogP contribution is -2.58. The van der Waals surface area contributed by atoms with E-state index >= 15 is 0 Å². The van der Waals surface area contributed by atoms with Crippen molar-refractivity contribution < 1.29 is 19.1 Å². The summed E-state index contributed by atoms with van der Waals surface area (Å²) in [7, 11) is 0. The molecule has 0 atom stereocenters. The third-order valence-corrected chi connectivity index (χ3v) is 10.7. The summed E-state index contributed by atoms with van der Waals surface area (Å²) in [6.07, 6.45) is 14.3. The molecule has 8 aliphatic carbocycles. The van der Waals surface area contributed by atoms with Crippen LogP contribution in [-0.4, -0.2) is 23.1 Å². The second kappa shape index (κ2) is 8.27. The van der Waals surface area contributed by atoms with Crippen molar-refractivity contribution in [3.05, 3.63) is 24.8 Å². The number of esters is 2. The Hall–Kier alpha value is -1.58. The number of carbonyl (C=O) groups is 2.